The second kappa shape index (κ2) is 3.40. The van der Waals surface area contributed by atoms with E-state index in [9.17, 15) is 14.4 Å². The largest absolute Gasteiger partial charge is 0.478 e. The maximum absolute atomic E-state index is 12.2. The molecule has 98 valence electrons. The smallest absolute Gasteiger partial charge is 0.337 e. The number of carboxylic acids is 1. The summed E-state index contributed by atoms with van der Waals surface area (Å²) in [5.74, 6) is -2.23. The molecular formula is C13H12N2O4. The van der Waals surface area contributed by atoms with Gasteiger partial charge in [0.25, 0.3) is 0 Å². The Morgan fingerprint density at radius 3 is 2.37 bits per heavy atom. The normalized spacial score (nSPS) is 27.4. The fraction of sp³-hybridized carbons (Fsp3) is 0.385. The minimum absolute atomic E-state index is 0.0436. The average Bonchev–Trinajstić information content (AvgIpc) is 2.79. The van der Waals surface area contributed by atoms with Crippen molar-refractivity contribution in [1.82, 2.24) is 4.98 Å². The van der Waals surface area contributed by atoms with E-state index in [2.05, 4.69) is 4.98 Å². The number of imide groups is 1. The van der Waals surface area contributed by atoms with Gasteiger partial charge in [-0.15, -0.1) is 0 Å². The van der Waals surface area contributed by atoms with E-state index in [4.69, 9.17) is 5.11 Å². The highest BCUT2D eigenvalue weighted by atomic mass is 16.4. The van der Waals surface area contributed by atoms with Crippen molar-refractivity contribution in [2.75, 3.05) is 4.90 Å². The number of carbonyl (C=O) groups excluding carboxylic acids is 2. The summed E-state index contributed by atoms with van der Waals surface area (Å²) >= 11 is 0. The molecule has 2 fully saturated rings. The molecule has 6 nitrogen and oxygen atoms in total. The van der Waals surface area contributed by atoms with E-state index in [1.165, 1.54) is 18.5 Å². The average molecular weight is 260 g/mol. The maximum atomic E-state index is 12.2. The lowest BCUT2D eigenvalue weighted by Crippen LogP contribution is -2.36. The van der Waals surface area contributed by atoms with Gasteiger partial charge in [0, 0.05) is 6.20 Å². The monoisotopic (exact) mass is 260 g/mol. The molecule has 0 aromatic carbocycles. The van der Waals surface area contributed by atoms with Crippen LogP contribution in [-0.2, 0) is 9.59 Å². The molecular weight excluding hydrogens is 248 g/mol. The first-order valence-electron chi connectivity index (χ1n) is 5.92. The van der Waals surface area contributed by atoms with Gasteiger partial charge in [0.05, 0.1) is 29.3 Å². The van der Waals surface area contributed by atoms with Gasteiger partial charge in [0.1, 0.15) is 0 Å². The number of rotatable bonds is 2. The van der Waals surface area contributed by atoms with E-state index < -0.39 is 5.97 Å². The Morgan fingerprint density at radius 1 is 1.26 bits per heavy atom. The Labute approximate surface area is 109 Å². The highest BCUT2D eigenvalue weighted by Gasteiger charge is 2.72. The number of carboxylic acid groups (broad SMARTS) is 1. The van der Waals surface area contributed by atoms with E-state index in [0.29, 0.717) is 0 Å². The Morgan fingerprint density at radius 2 is 1.84 bits per heavy atom. The third-order valence-corrected chi connectivity index (χ3v) is 4.03. The molecule has 1 saturated heterocycles. The van der Waals surface area contributed by atoms with Crippen molar-refractivity contribution < 1.29 is 19.5 Å². The molecule has 2 aliphatic rings. The summed E-state index contributed by atoms with van der Waals surface area (Å²) in [6.07, 6.45) is 2.52. The highest BCUT2D eigenvalue weighted by Crippen LogP contribution is 2.63. The van der Waals surface area contributed by atoms with E-state index in [1.807, 2.05) is 13.8 Å². The number of fused-ring (bicyclic) bond motifs is 1. The number of hydrogen-bond acceptors (Lipinski definition) is 4. The molecule has 2 amide bonds. The Kier molecular flexibility index (Phi) is 2.12. The van der Waals surface area contributed by atoms with Gasteiger partial charge in [-0.25, -0.2) is 9.69 Å². The molecule has 1 N–H and O–H groups in total. The van der Waals surface area contributed by atoms with E-state index >= 15 is 0 Å². The van der Waals surface area contributed by atoms with Crippen LogP contribution in [0.5, 0.6) is 0 Å². The zero-order valence-corrected chi connectivity index (χ0v) is 10.5. The summed E-state index contributed by atoms with van der Waals surface area (Å²) in [5, 5.41) is 8.90. The molecule has 0 radical (unpaired) electrons. The fourth-order valence-corrected chi connectivity index (χ4v) is 2.87. The van der Waals surface area contributed by atoms with Crippen LogP contribution >= 0.6 is 0 Å². The predicted octanol–water partition coefficient (Wildman–Crippen LogP) is 0.925. The number of aromatic carboxylic acids is 1. The molecule has 1 aliphatic heterocycles. The van der Waals surface area contributed by atoms with Crippen molar-refractivity contribution in [3.8, 4) is 0 Å². The van der Waals surface area contributed by atoms with Crippen molar-refractivity contribution in [3.63, 3.8) is 0 Å². The number of piperidine rings is 1. The second-order valence-electron chi connectivity index (χ2n) is 5.53. The molecule has 19 heavy (non-hydrogen) atoms. The number of hydrogen-bond donors (Lipinski definition) is 1. The van der Waals surface area contributed by atoms with E-state index in [0.717, 1.165) is 4.90 Å². The number of carbonyl (C=O) groups is 3. The molecule has 1 aromatic rings. The number of anilines is 1. The Hall–Kier alpha value is -2.24. The molecule has 1 aliphatic carbocycles. The fourth-order valence-electron chi connectivity index (χ4n) is 2.87. The van der Waals surface area contributed by atoms with Crippen LogP contribution in [0.2, 0.25) is 0 Å². The van der Waals surface area contributed by atoms with Crippen LogP contribution < -0.4 is 4.90 Å². The van der Waals surface area contributed by atoms with Crippen LogP contribution in [0, 0.1) is 17.3 Å². The lowest BCUT2D eigenvalue weighted by atomic mass is 10.1. The third-order valence-electron chi connectivity index (χ3n) is 4.03. The Bertz CT molecular complexity index is 599. The zero-order chi connectivity index (χ0) is 13.9. The van der Waals surface area contributed by atoms with E-state index in [1.54, 1.807) is 0 Å². The summed E-state index contributed by atoms with van der Waals surface area (Å²) in [7, 11) is 0. The lowest BCUT2D eigenvalue weighted by molar-refractivity contribution is -0.125. The van der Waals surface area contributed by atoms with Crippen LogP contribution in [0.1, 0.15) is 24.2 Å². The molecule has 2 unspecified atom stereocenters. The summed E-state index contributed by atoms with van der Waals surface area (Å²) < 4.78 is 0. The van der Waals surface area contributed by atoms with Crippen molar-refractivity contribution in [3.05, 3.63) is 24.0 Å². The molecule has 0 bridgehead atoms. The van der Waals surface area contributed by atoms with Gasteiger partial charge >= 0.3 is 5.97 Å². The van der Waals surface area contributed by atoms with Crippen LogP contribution in [0.25, 0.3) is 0 Å². The van der Waals surface area contributed by atoms with Crippen LogP contribution in [0.15, 0.2) is 18.5 Å². The zero-order valence-electron chi connectivity index (χ0n) is 10.5. The predicted molar refractivity (Wildman–Crippen MR) is 64.5 cm³/mol. The SMILES string of the molecule is CC1(C)C2C(=O)N(c3cncc(C(=O)O)c3)C(=O)C21. The van der Waals surface area contributed by atoms with Crippen LogP contribution in [0.3, 0.4) is 0 Å². The molecule has 2 heterocycles. The van der Waals surface area contributed by atoms with Crippen molar-refractivity contribution >= 4 is 23.5 Å². The Balaban J connectivity index is 1.97. The number of nitrogens with zero attached hydrogens (tertiary/aromatic N) is 2. The van der Waals surface area contributed by atoms with E-state index in [-0.39, 0.29) is 40.3 Å². The van der Waals surface area contributed by atoms with Crippen molar-refractivity contribution in [2.24, 2.45) is 17.3 Å². The summed E-state index contributed by atoms with van der Waals surface area (Å²) in [5.41, 5.74) is -0.0847. The van der Waals surface area contributed by atoms with Gasteiger partial charge in [-0.1, -0.05) is 13.8 Å². The first-order chi connectivity index (χ1) is 8.85. The first-order valence-corrected chi connectivity index (χ1v) is 5.92. The number of aromatic nitrogens is 1. The molecule has 1 aromatic heterocycles. The number of amides is 2. The molecule has 6 heteroatoms. The van der Waals surface area contributed by atoms with Gasteiger partial charge in [-0.2, -0.15) is 0 Å². The van der Waals surface area contributed by atoms with Crippen molar-refractivity contribution in [1.29, 1.82) is 0 Å². The van der Waals surface area contributed by atoms with Crippen LogP contribution in [-0.4, -0.2) is 27.9 Å². The molecule has 0 spiro atoms. The van der Waals surface area contributed by atoms with Crippen molar-refractivity contribution in [2.45, 2.75) is 13.8 Å². The standard InChI is InChI=1S/C13H12N2O4/c1-13(2)8-9(13)11(17)15(10(8)16)7-3-6(12(18)19)4-14-5-7/h3-5,8-9H,1-2H3,(H,18,19). The van der Waals surface area contributed by atoms with Gasteiger partial charge in [-0.05, 0) is 11.5 Å². The topological polar surface area (TPSA) is 87.6 Å². The molecule has 2 atom stereocenters. The molecule has 3 rings (SSSR count). The summed E-state index contributed by atoms with van der Waals surface area (Å²) in [6, 6.07) is 1.29. The highest BCUT2D eigenvalue weighted by molar-refractivity contribution is 6.25. The van der Waals surface area contributed by atoms with Gasteiger partial charge in [-0.3, -0.25) is 14.6 Å². The van der Waals surface area contributed by atoms with Crippen LogP contribution in [0.4, 0.5) is 5.69 Å². The summed E-state index contributed by atoms with van der Waals surface area (Å²) in [4.78, 5) is 40.1. The minimum Gasteiger partial charge on any atom is -0.478 e. The molecule has 1 saturated carbocycles. The quantitative estimate of drug-likeness (QED) is 0.799. The number of pyridine rings is 1. The van der Waals surface area contributed by atoms with Gasteiger partial charge in [0.2, 0.25) is 11.8 Å². The lowest BCUT2D eigenvalue weighted by Gasteiger charge is -2.20. The summed E-state index contributed by atoms with van der Waals surface area (Å²) in [6.45, 7) is 3.78. The third kappa shape index (κ3) is 1.43. The maximum Gasteiger partial charge on any atom is 0.337 e. The first kappa shape index (κ1) is 11.8. The van der Waals surface area contributed by atoms with Gasteiger partial charge in [0.15, 0.2) is 0 Å². The second-order valence-corrected chi connectivity index (χ2v) is 5.53. The van der Waals surface area contributed by atoms with Gasteiger partial charge < -0.3 is 5.11 Å². The minimum atomic E-state index is -1.14.